The second kappa shape index (κ2) is 10.4. The number of amides is 1. The van der Waals surface area contributed by atoms with Crippen LogP contribution in [0.4, 0.5) is 13.2 Å². The van der Waals surface area contributed by atoms with Crippen LogP contribution >= 0.6 is 0 Å². The fourth-order valence-electron chi connectivity index (χ4n) is 6.58. The van der Waals surface area contributed by atoms with Crippen molar-refractivity contribution in [2.24, 2.45) is 17.6 Å². The maximum Gasteiger partial charge on any atom is 0.416 e. The predicted octanol–water partition coefficient (Wildman–Crippen LogP) is 4.77. The summed E-state index contributed by atoms with van der Waals surface area (Å²) in [5.74, 6) is -6.36. The summed E-state index contributed by atoms with van der Waals surface area (Å²) in [6.45, 7) is -0.00214. The Morgan fingerprint density at radius 3 is 2.27 bits per heavy atom. The number of hydrogen-bond acceptors (Lipinski definition) is 7. The van der Waals surface area contributed by atoms with E-state index in [4.69, 9.17) is 10.5 Å². The van der Waals surface area contributed by atoms with Crippen molar-refractivity contribution in [2.45, 2.75) is 37.6 Å². The van der Waals surface area contributed by atoms with Crippen molar-refractivity contribution in [3.8, 4) is 16.9 Å². The standard InChI is InChI=1S/C33H26F3NO7/c34-33(35,36)19-8-6-17(7-9-19)21-10-11-23(38)26-22(21)13-18-12-20-14-24(44-15-16-4-2-1-3-5-16)27(31(37)42)30(41)32(20,43)29(40)25(18)28(26)39/h1-11,18,20,38-39,43H,12-15H2,(H2,37,42). The van der Waals surface area contributed by atoms with Crippen LogP contribution in [0.5, 0.6) is 5.75 Å². The first kappa shape index (κ1) is 29.2. The lowest BCUT2D eigenvalue weighted by Gasteiger charge is -2.46. The Morgan fingerprint density at radius 2 is 1.64 bits per heavy atom. The maximum atomic E-state index is 13.9. The molecule has 3 aliphatic rings. The molecule has 0 aliphatic heterocycles. The minimum atomic E-state index is -4.54. The van der Waals surface area contributed by atoms with Gasteiger partial charge in [0.2, 0.25) is 11.6 Å². The number of allylic oxidation sites excluding steroid dienone is 1. The lowest BCUT2D eigenvalue weighted by Crippen LogP contribution is -2.61. The molecule has 1 amide bonds. The van der Waals surface area contributed by atoms with Crippen LogP contribution in [0.3, 0.4) is 0 Å². The molecular weight excluding hydrogens is 579 g/mol. The number of aromatic hydroxyl groups is 1. The van der Waals surface area contributed by atoms with Gasteiger partial charge in [-0.1, -0.05) is 48.5 Å². The Kier molecular flexibility index (Phi) is 6.88. The van der Waals surface area contributed by atoms with E-state index in [1.807, 2.05) is 0 Å². The van der Waals surface area contributed by atoms with Gasteiger partial charge in [0.15, 0.2) is 5.60 Å². The number of ketones is 2. The van der Waals surface area contributed by atoms with Crippen LogP contribution in [0, 0.1) is 11.8 Å². The van der Waals surface area contributed by atoms with Crippen molar-refractivity contribution in [1.29, 1.82) is 0 Å². The average Bonchev–Trinajstić information content (AvgIpc) is 2.98. The van der Waals surface area contributed by atoms with Crippen LogP contribution in [0.15, 0.2) is 83.6 Å². The molecule has 3 aromatic carbocycles. The van der Waals surface area contributed by atoms with E-state index >= 15 is 0 Å². The molecule has 44 heavy (non-hydrogen) atoms. The number of alkyl halides is 3. The van der Waals surface area contributed by atoms with Crippen LogP contribution in [0.25, 0.3) is 16.9 Å². The molecule has 1 saturated carbocycles. The van der Waals surface area contributed by atoms with Crippen molar-refractivity contribution in [3.63, 3.8) is 0 Å². The Bertz CT molecular complexity index is 1780. The van der Waals surface area contributed by atoms with Crippen molar-refractivity contribution in [2.75, 3.05) is 0 Å². The van der Waals surface area contributed by atoms with Gasteiger partial charge in [-0.05, 0) is 59.2 Å². The smallest absolute Gasteiger partial charge is 0.416 e. The van der Waals surface area contributed by atoms with Gasteiger partial charge in [0, 0.05) is 17.9 Å². The number of hydrogen-bond donors (Lipinski definition) is 4. The van der Waals surface area contributed by atoms with Gasteiger partial charge >= 0.3 is 6.18 Å². The monoisotopic (exact) mass is 605 g/mol. The minimum absolute atomic E-state index is 0.00214. The number of carbonyl (C=O) groups is 3. The van der Waals surface area contributed by atoms with E-state index in [1.165, 1.54) is 24.3 Å². The summed E-state index contributed by atoms with van der Waals surface area (Å²) < 4.78 is 45.3. The van der Waals surface area contributed by atoms with Crippen molar-refractivity contribution in [3.05, 3.63) is 106 Å². The van der Waals surface area contributed by atoms with Gasteiger partial charge in [-0.2, -0.15) is 13.2 Å². The number of nitrogens with two attached hydrogens (primary N) is 1. The molecule has 0 radical (unpaired) electrons. The molecule has 3 unspecified atom stereocenters. The first-order valence-corrected chi connectivity index (χ1v) is 13.8. The molecule has 0 aromatic heterocycles. The molecule has 3 aromatic rings. The van der Waals surface area contributed by atoms with E-state index in [2.05, 4.69) is 0 Å². The minimum Gasteiger partial charge on any atom is -0.507 e. The molecule has 0 saturated heterocycles. The number of ether oxygens (including phenoxy) is 1. The average molecular weight is 606 g/mol. The highest BCUT2D eigenvalue weighted by atomic mass is 19.4. The number of primary amides is 1. The number of phenols is 1. The Morgan fingerprint density at radius 1 is 0.955 bits per heavy atom. The van der Waals surface area contributed by atoms with Gasteiger partial charge in [-0.25, -0.2) is 0 Å². The molecular formula is C33H26F3NO7. The van der Waals surface area contributed by atoms with E-state index in [1.54, 1.807) is 30.3 Å². The van der Waals surface area contributed by atoms with E-state index in [0.29, 0.717) is 16.7 Å². The summed E-state index contributed by atoms with van der Waals surface area (Å²) in [7, 11) is 0. The SMILES string of the molecule is NC(=O)C1=C(OCc2ccccc2)CC2CC3Cc4c(-c5ccc(C(F)(F)F)cc5)ccc(O)c4C(O)=C3C(=O)C2(O)C1=O. The number of halogens is 3. The highest BCUT2D eigenvalue weighted by Gasteiger charge is 2.62. The van der Waals surface area contributed by atoms with Crippen LogP contribution in [0.1, 0.15) is 35.1 Å². The molecule has 6 rings (SSSR count). The number of benzene rings is 3. The topological polar surface area (TPSA) is 147 Å². The summed E-state index contributed by atoms with van der Waals surface area (Å²) in [6.07, 6.45) is -4.62. The Balaban J connectivity index is 1.40. The van der Waals surface area contributed by atoms with Crippen LogP contribution in [-0.4, -0.2) is 38.4 Å². The van der Waals surface area contributed by atoms with Crippen molar-refractivity contribution in [1.82, 2.24) is 0 Å². The Labute approximate surface area is 248 Å². The quantitative estimate of drug-likeness (QED) is 0.242. The summed E-state index contributed by atoms with van der Waals surface area (Å²) in [6, 6.07) is 16.1. The number of phenolic OH excluding ortho intramolecular Hbond substituents is 1. The zero-order valence-electron chi connectivity index (χ0n) is 23.0. The molecule has 0 bridgehead atoms. The molecule has 5 N–H and O–H groups in total. The number of fused-ring (bicyclic) bond motifs is 3. The molecule has 1 fully saturated rings. The van der Waals surface area contributed by atoms with Gasteiger partial charge in [0.25, 0.3) is 5.91 Å². The highest BCUT2D eigenvalue weighted by molar-refractivity contribution is 6.32. The third kappa shape index (κ3) is 4.55. The second-order valence-corrected chi connectivity index (χ2v) is 11.2. The highest BCUT2D eigenvalue weighted by Crippen LogP contribution is 2.52. The van der Waals surface area contributed by atoms with Crippen molar-refractivity contribution < 1.29 is 47.6 Å². The normalized spacial score (nSPS) is 23.2. The first-order valence-electron chi connectivity index (χ1n) is 13.8. The van der Waals surface area contributed by atoms with E-state index in [9.17, 15) is 42.9 Å². The van der Waals surface area contributed by atoms with E-state index < -0.39 is 63.7 Å². The summed E-state index contributed by atoms with van der Waals surface area (Å²) in [5.41, 5.74) is 2.91. The largest absolute Gasteiger partial charge is 0.507 e. The first-order chi connectivity index (χ1) is 20.8. The van der Waals surface area contributed by atoms with Crippen molar-refractivity contribution >= 4 is 23.2 Å². The Hall–Kier alpha value is -4.90. The molecule has 3 atom stereocenters. The summed E-state index contributed by atoms with van der Waals surface area (Å²) in [4.78, 5) is 39.9. The van der Waals surface area contributed by atoms with E-state index in [0.717, 1.165) is 17.7 Å². The third-order valence-corrected chi connectivity index (χ3v) is 8.70. The zero-order chi connectivity index (χ0) is 31.6. The molecule has 226 valence electrons. The lowest BCUT2D eigenvalue weighted by atomic mass is 9.58. The summed E-state index contributed by atoms with van der Waals surface area (Å²) in [5, 5.41) is 33.7. The molecule has 3 aliphatic carbocycles. The van der Waals surface area contributed by atoms with Gasteiger partial charge in [0.05, 0.1) is 11.1 Å². The number of carbonyl (C=O) groups excluding carboxylic acids is 3. The van der Waals surface area contributed by atoms with Crippen LogP contribution < -0.4 is 5.73 Å². The van der Waals surface area contributed by atoms with Gasteiger partial charge in [0.1, 0.15) is 29.4 Å². The lowest BCUT2D eigenvalue weighted by molar-refractivity contribution is -0.158. The zero-order valence-corrected chi connectivity index (χ0v) is 23.0. The number of rotatable bonds is 5. The predicted molar refractivity (Wildman–Crippen MR) is 150 cm³/mol. The maximum absolute atomic E-state index is 13.9. The molecule has 0 spiro atoms. The number of Topliss-reactive ketones (excluding diaryl/α,β-unsaturated/α-hetero) is 2. The number of aliphatic hydroxyl groups excluding tert-OH is 1. The van der Waals surface area contributed by atoms with Crippen LogP contribution in [0.2, 0.25) is 0 Å². The third-order valence-electron chi connectivity index (χ3n) is 8.70. The van der Waals surface area contributed by atoms with E-state index in [-0.39, 0.29) is 42.8 Å². The molecule has 8 nitrogen and oxygen atoms in total. The fourth-order valence-corrected chi connectivity index (χ4v) is 6.58. The summed E-state index contributed by atoms with van der Waals surface area (Å²) >= 11 is 0. The molecule has 0 heterocycles. The molecule has 11 heteroatoms. The number of aliphatic hydroxyl groups is 2. The fraction of sp³-hybridized carbons (Fsp3) is 0.242. The van der Waals surface area contributed by atoms with Gasteiger partial charge < -0.3 is 25.8 Å². The van der Waals surface area contributed by atoms with Gasteiger partial charge in [-0.15, -0.1) is 0 Å². The van der Waals surface area contributed by atoms with Crippen LogP contribution in [-0.2, 0) is 38.3 Å². The van der Waals surface area contributed by atoms with Gasteiger partial charge in [-0.3, -0.25) is 14.4 Å². The second-order valence-electron chi connectivity index (χ2n) is 11.2.